The van der Waals surface area contributed by atoms with Crippen molar-refractivity contribution in [1.82, 2.24) is 0 Å². The summed E-state index contributed by atoms with van der Waals surface area (Å²) in [5.41, 5.74) is 2.04. The molecule has 0 atom stereocenters. The number of carboxylic acid groups (broad SMARTS) is 1. The third kappa shape index (κ3) is 3.22. The molecule has 0 radical (unpaired) electrons. The summed E-state index contributed by atoms with van der Waals surface area (Å²) in [6.07, 6.45) is 0.744. The summed E-state index contributed by atoms with van der Waals surface area (Å²) in [4.78, 5) is 23.4. The number of fused-ring (bicyclic) bond motifs is 3. The van der Waals surface area contributed by atoms with E-state index in [0.29, 0.717) is 16.7 Å². The minimum atomic E-state index is -0.976. The average molecular weight is 374 g/mol. The fourth-order valence-electron chi connectivity index (χ4n) is 3.32. The summed E-state index contributed by atoms with van der Waals surface area (Å²) < 4.78 is 11.5. The van der Waals surface area contributed by atoms with Crippen LogP contribution in [0.4, 0.5) is 0 Å². The average Bonchev–Trinajstić information content (AvgIpc) is 2.72. The van der Waals surface area contributed by atoms with E-state index < -0.39 is 5.97 Å². The number of hydrogen-bond acceptors (Lipinski definition) is 4. The summed E-state index contributed by atoms with van der Waals surface area (Å²) in [5, 5.41) is 11.4. The van der Waals surface area contributed by atoms with Gasteiger partial charge in [0.2, 0.25) is 0 Å². The normalized spacial score (nSPS) is 11.0. The third-order valence-corrected chi connectivity index (χ3v) is 4.75. The minimum absolute atomic E-state index is 0.216. The molecular weight excluding hydrogens is 356 g/mol. The van der Waals surface area contributed by atoms with Crippen molar-refractivity contribution in [1.29, 1.82) is 0 Å². The molecule has 0 fully saturated rings. The molecule has 0 amide bonds. The van der Waals surface area contributed by atoms with Gasteiger partial charge in [0.05, 0.1) is 10.9 Å². The topological polar surface area (TPSA) is 76.7 Å². The highest BCUT2D eigenvalue weighted by molar-refractivity contribution is 6.04. The molecule has 1 N–H and O–H groups in total. The molecule has 28 heavy (non-hydrogen) atoms. The second-order valence-corrected chi connectivity index (χ2v) is 6.54. The largest absolute Gasteiger partial charge is 0.488 e. The lowest BCUT2D eigenvalue weighted by atomic mass is 10.0. The van der Waals surface area contributed by atoms with E-state index in [9.17, 15) is 9.59 Å². The van der Waals surface area contributed by atoms with Crippen LogP contribution in [0.25, 0.3) is 21.7 Å². The summed E-state index contributed by atoms with van der Waals surface area (Å²) >= 11 is 0. The van der Waals surface area contributed by atoms with Gasteiger partial charge in [-0.05, 0) is 47.2 Å². The molecular formula is C23H18O5. The van der Waals surface area contributed by atoms with Gasteiger partial charge in [0.25, 0.3) is 0 Å². The number of aromatic carboxylic acids is 1. The number of rotatable bonds is 5. The molecule has 0 bridgehead atoms. The monoisotopic (exact) mass is 374 g/mol. The number of carbonyl (C=O) groups is 1. The van der Waals surface area contributed by atoms with Gasteiger partial charge in [-0.3, -0.25) is 0 Å². The summed E-state index contributed by atoms with van der Waals surface area (Å²) in [5.74, 6) is -0.357. The van der Waals surface area contributed by atoms with Crippen molar-refractivity contribution in [2.45, 2.75) is 20.0 Å². The van der Waals surface area contributed by atoms with Gasteiger partial charge in [-0.2, -0.15) is 0 Å². The van der Waals surface area contributed by atoms with Crippen LogP contribution in [-0.4, -0.2) is 11.1 Å². The smallest absolute Gasteiger partial charge is 0.344 e. The Morgan fingerprint density at radius 2 is 1.79 bits per heavy atom. The van der Waals surface area contributed by atoms with Crippen LogP contribution < -0.4 is 10.4 Å². The van der Waals surface area contributed by atoms with Gasteiger partial charge in [-0.25, -0.2) is 9.59 Å². The van der Waals surface area contributed by atoms with E-state index in [4.69, 9.17) is 14.3 Å². The Bertz CT molecular complexity index is 1250. The first-order valence-electron chi connectivity index (χ1n) is 9.00. The quantitative estimate of drug-likeness (QED) is 0.402. The van der Waals surface area contributed by atoms with Gasteiger partial charge in [-0.1, -0.05) is 37.3 Å². The molecule has 3 aromatic carbocycles. The molecule has 1 heterocycles. The molecule has 0 aliphatic heterocycles. The van der Waals surface area contributed by atoms with Gasteiger partial charge in [-0.15, -0.1) is 0 Å². The number of ether oxygens (including phenoxy) is 1. The molecule has 4 rings (SSSR count). The summed E-state index contributed by atoms with van der Waals surface area (Å²) in [7, 11) is 0. The van der Waals surface area contributed by atoms with Crippen molar-refractivity contribution < 1.29 is 19.1 Å². The van der Waals surface area contributed by atoms with Crippen LogP contribution >= 0.6 is 0 Å². The number of aryl methyl sites for hydroxylation is 1. The van der Waals surface area contributed by atoms with Gasteiger partial charge >= 0.3 is 11.6 Å². The lowest BCUT2D eigenvalue weighted by Crippen LogP contribution is -2.03. The van der Waals surface area contributed by atoms with Gasteiger partial charge in [0.15, 0.2) is 0 Å². The lowest BCUT2D eigenvalue weighted by Gasteiger charge is -2.13. The van der Waals surface area contributed by atoms with Crippen LogP contribution in [0.2, 0.25) is 0 Å². The third-order valence-electron chi connectivity index (χ3n) is 4.75. The number of hydrogen-bond donors (Lipinski definition) is 1. The maximum absolute atomic E-state index is 12.3. The summed E-state index contributed by atoms with van der Waals surface area (Å²) in [6.45, 7) is 2.25. The predicted molar refractivity (Wildman–Crippen MR) is 107 cm³/mol. The maximum atomic E-state index is 12.3. The van der Waals surface area contributed by atoms with Gasteiger partial charge in [0.1, 0.15) is 17.9 Å². The van der Waals surface area contributed by atoms with E-state index in [2.05, 4.69) is 0 Å². The first kappa shape index (κ1) is 17.8. The molecule has 1 aromatic heterocycles. The number of benzene rings is 3. The van der Waals surface area contributed by atoms with Crippen molar-refractivity contribution in [2.75, 3.05) is 0 Å². The van der Waals surface area contributed by atoms with E-state index >= 15 is 0 Å². The fourth-order valence-corrected chi connectivity index (χ4v) is 3.32. The van der Waals surface area contributed by atoms with Crippen molar-refractivity contribution in [3.63, 3.8) is 0 Å². The Labute approximate surface area is 160 Å². The molecule has 4 aromatic rings. The second kappa shape index (κ2) is 7.19. The van der Waals surface area contributed by atoms with Crippen molar-refractivity contribution in [3.05, 3.63) is 87.8 Å². The molecule has 140 valence electrons. The predicted octanol–water partition coefficient (Wildman–Crippen LogP) is 4.79. The number of carboxylic acids is 1. The Hall–Kier alpha value is -3.60. The van der Waals surface area contributed by atoms with E-state index in [1.807, 2.05) is 37.3 Å². The first-order chi connectivity index (χ1) is 13.6. The SMILES string of the molecule is CCc1cc2c(cc1OCc1cccc(C(=O)O)c1)oc(=O)c1ccccc12. The van der Waals surface area contributed by atoms with E-state index in [-0.39, 0.29) is 17.8 Å². The van der Waals surface area contributed by atoms with Crippen LogP contribution in [0.5, 0.6) is 5.75 Å². The zero-order chi connectivity index (χ0) is 19.7. The van der Waals surface area contributed by atoms with Gasteiger partial charge < -0.3 is 14.3 Å². The highest BCUT2D eigenvalue weighted by atomic mass is 16.5. The van der Waals surface area contributed by atoms with Crippen LogP contribution in [0, 0.1) is 0 Å². The Morgan fingerprint density at radius 1 is 1.00 bits per heavy atom. The second-order valence-electron chi connectivity index (χ2n) is 6.54. The molecule has 0 unspecified atom stereocenters. The van der Waals surface area contributed by atoms with E-state index in [0.717, 1.165) is 28.3 Å². The Morgan fingerprint density at radius 3 is 2.54 bits per heavy atom. The lowest BCUT2D eigenvalue weighted by molar-refractivity contribution is 0.0696. The Balaban J connectivity index is 1.75. The molecule has 0 saturated carbocycles. The van der Waals surface area contributed by atoms with Gasteiger partial charge in [0, 0.05) is 11.5 Å². The first-order valence-corrected chi connectivity index (χ1v) is 9.00. The van der Waals surface area contributed by atoms with E-state index in [1.165, 1.54) is 0 Å². The van der Waals surface area contributed by atoms with Crippen molar-refractivity contribution >= 4 is 27.7 Å². The van der Waals surface area contributed by atoms with Crippen LogP contribution in [-0.2, 0) is 13.0 Å². The molecule has 0 spiro atoms. The molecule has 0 aliphatic carbocycles. The zero-order valence-corrected chi connectivity index (χ0v) is 15.3. The standard InChI is InChI=1S/C23H18O5/c1-2-15-11-19-17-8-3-4-9-18(17)23(26)28-21(19)12-20(15)27-13-14-6-5-7-16(10-14)22(24)25/h3-12H,2,13H2,1H3,(H,24,25). The molecule has 0 saturated heterocycles. The zero-order valence-electron chi connectivity index (χ0n) is 15.3. The van der Waals surface area contributed by atoms with Crippen molar-refractivity contribution in [3.8, 4) is 5.75 Å². The highest BCUT2D eigenvalue weighted by Gasteiger charge is 2.12. The molecule has 5 nitrogen and oxygen atoms in total. The molecule has 5 heteroatoms. The highest BCUT2D eigenvalue weighted by Crippen LogP contribution is 2.30. The van der Waals surface area contributed by atoms with Crippen LogP contribution in [0.3, 0.4) is 0 Å². The minimum Gasteiger partial charge on any atom is -0.488 e. The van der Waals surface area contributed by atoms with Crippen LogP contribution in [0.15, 0.2) is 69.9 Å². The molecule has 0 aliphatic rings. The Kier molecular flexibility index (Phi) is 4.57. The summed E-state index contributed by atoms with van der Waals surface area (Å²) in [6, 6.07) is 17.7. The fraction of sp³-hybridized carbons (Fsp3) is 0.130. The van der Waals surface area contributed by atoms with E-state index in [1.54, 1.807) is 30.3 Å². The van der Waals surface area contributed by atoms with Crippen molar-refractivity contribution in [2.24, 2.45) is 0 Å². The van der Waals surface area contributed by atoms with Crippen LogP contribution in [0.1, 0.15) is 28.4 Å². The maximum Gasteiger partial charge on any atom is 0.344 e.